The number of unbranched alkanes of at least 4 members (excludes halogenated alkanes) is 1. The highest BCUT2D eigenvalue weighted by molar-refractivity contribution is 5.77. The van der Waals surface area contributed by atoms with Crippen molar-refractivity contribution in [3.63, 3.8) is 0 Å². The van der Waals surface area contributed by atoms with Crippen molar-refractivity contribution in [3.05, 3.63) is 0 Å². The summed E-state index contributed by atoms with van der Waals surface area (Å²) in [7, 11) is 0. The summed E-state index contributed by atoms with van der Waals surface area (Å²) >= 11 is 0. The second-order valence-corrected chi connectivity index (χ2v) is 5.77. The summed E-state index contributed by atoms with van der Waals surface area (Å²) < 4.78 is 0. The largest absolute Gasteiger partial charge is 0.480 e. The molecule has 1 saturated heterocycles. The number of carbonyl (C=O) groups is 1. The molecule has 4 heteroatoms. The lowest BCUT2D eigenvalue weighted by Crippen LogP contribution is -2.45. The van der Waals surface area contributed by atoms with E-state index >= 15 is 0 Å². The second kappa shape index (κ2) is 7.10. The zero-order chi connectivity index (χ0) is 13.6. The molecule has 106 valence electrons. The van der Waals surface area contributed by atoms with Crippen LogP contribution in [-0.4, -0.2) is 40.6 Å². The highest BCUT2D eigenvalue weighted by atomic mass is 16.4. The summed E-state index contributed by atoms with van der Waals surface area (Å²) in [5.74, 6) is -0.896. The average molecular weight is 256 g/mol. The van der Waals surface area contributed by atoms with Gasteiger partial charge in [-0.15, -0.1) is 0 Å². The van der Waals surface area contributed by atoms with Gasteiger partial charge in [-0.25, -0.2) is 0 Å². The maximum Gasteiger partial charge on any atom is 0.323 e. The Hall–Kier alpha value is -0.610. The Balaban J connectivity index is 2.22. The Morgan fingerprint density at radius 2 is 2.17 bits per heavy atom. The molecule has 1 fully saturated rings. The van der Waals surface area contributed by atoms with Crippen LogP contribution in [-0.2, 0) is 4.79 Å². The molecule has 3 N–H and O–H groups in total. The Morgan fingerprint density at radius 1 is 1.44 bits per heavy atom. The Bertz CT molecular complexity index is 267. The number of likely N-dealkylation sites (tertiary alicyclic amines) is 1. The van der Waals surface area contributed by atoms with Crippen molar-refractivity contribution in [2.45, 2.75) is 70.4 Å². The summed E-state index contributed by atoms with van der Waals surface area (Å²) in [5.41, 5.74) is 4.66. The molecule has 0 amide bonds. The van der Waals surface area contributed by atoms with Gasteiger partial charge in [0, 0.05) is 6.04 Å². The van der Waals surface area contributed by atoms with Crippen LogP contribution < -0.4 is 5.73 Å². The van der Waals surface area contributed by atoms with E-state index in [1.807, 2.05) is 0 Å². The number of rotatable bonds is 7. The van der Waals surface area contributed by atoms with Crippen molar-refractivity contribution in [2.75, 3.05) is 13.1 Å². The van der Waals surface area contributed by atoms with Crippen LogP contribution in [0.1, 0.15) is 58.8 Å². The van der Waals surface area contributed by atoms with Crippen molar-refractivity contribution in [3.8, 4) is 0 Å². The van der Waals surface area contributed by atoms with Crippen LogP contribution >= 0.6 is 0 Å². The van der Waals surface area contributed by atoms with Gasteiger partial charge in [-0.2, -0.15) is 0 Å². The quantitative estimate of drug-likeness (QED) is 0.685. The second-order valence-electron chi connectivity index (χ2n) is 5.77. The third-order valence-corrected chi connectivity index (χ3v) is 4.10. The smallest absolute Gasteiger partial charge is 0.323 e. The minimum atomic E-state index is -1.06. The summed E-state index contributed by atoms with van der Waals surface area (Å²) in [4.78, 5) is 13.4. The third-order valence-electron chi connectivity index (χ3n) is 4.10. The molecule has 0 bridgehead atoms. The first-order valence-electron chi connectivity index (χ1n) is 7.23. The van der Waals surface area contributed by atoms with E-state index < -0.39 is 11.5 Å². The van der Waals surface area contributed by atoms with Crippen molar-refractivity contribution < 1.29 is 9.90 Å². The van der Waals surface area contributed by atoms with E-state index in [-0.39, 0.29) is 0 Å². The normalized spacial score (nSPS) is 24.7. The van der Waals surface area contributed by atoms with Crippen LogP contribution in [0.3, 0.4) is 0 Å². The van der Waals surface area contributed by atoms with Crippen LogP contribution in [0.15, 0.2) is 0 Å². The highest BCUT2D eigenvalue weighted by Gasteiger charge is 2.27. The summed E-state index contributed by atoms with van der Waals surface area (Å²) in [6.45, 7) is 6.15. The molecule has 1 aliphatic heterocycles. The number of aliphatic carboxylic acids is 1. The van der Waals surface area contributed by atoms with Gasteiger partial charge >= 0.3 is 5.97 Å². The molecule has 0 saturated carbocycles. The van der Waals surface area contributed by atoms with E-state index in [0.29, 0.717) is 6.42 Å². The third kappa shape index (κ3) is 4.58. The van der Waals surface area contributed by atoms with Gasteiger partial charge < -0.3 is 15.7 Å². The molecule has 4 nitrogen and oxygen atoms in total. The number of hydrogen-bond donors (Lipinski definition) is 2. The van der Waals surface area contributed by atoms with E-state index in [9.17, 15) is 4.79 Å². The van der Waals surface area contributed by atoms with Crippen LogP contribution in [0.2, 0.25) is 0 Å². The van der Waals surface area contributed by atoms with E-state index in [0.717, 1.165) is 25.4 Å². The zero-order valence-electron chi connectivity index (χ0n) is 11.8. The molecular weight excluding hydrogens is 228 g/mol. The first-order valence-corrected chi connectivity index (χ1v) is 7.23. The maximum absolute atomic E-state index is 10.9. The fourth-order valence-electron chi connectivity index (χ4n) is 2.73. The maximum atomic E-state index is 10.9. The molecule has 0 aliphatic carbocycles. The molecule has 1 heterocycles. The number of piperidine rings is 1. The van der Waals surface area contributed by atoms with E-state index in [4.69, 9.17) is 10.8 Å². The molecule has 0 aromatic heterocycles. The van der Waals surface area contributed by atoms with Gasteiger partial charge in [0.25, 0.3) is 0 Å². The number of nitrogens with zero attached hydrogens (tertiary/aromatic N) is 1. The summed E-state index contributed by atoms with van der Waals surface area (Å²) in [6, 6.07) is 0.738. The van der Waals surface area contributed by atoms with E-state index in [1.54, 1.807) is 6.92 Å². The predicted octanol–water partition coefficient (Wildman–Crippen LogP) is 2.22. The standard InChI is InChI=1S/C14H28N2O2/c1-3-12-8-4-6-10-16(12)11-7-5-9-14(2,15)13(17)18/h12H,3-11,15H2,1-2H3,(H,17,18). The lowest BCUT2D eigenvalue weighted by molar-refractivity contribution is -0.142. The van der Waals surface area contributed by atoms with Gasteiger partial charge in [0.05, 0.1) is 0 Å². The van der Waals surface area contributed by atoms with Gasteiger partial charge in [-0.05, 0) is 58.5 Å². The topological polar surface area (TPSA) is 66.6 Å². The number of carboxylic acids is 1. The van der Waals surface area contributed by atoms with Crippen molar-refractivity contribution in [1.82, 2.24) is 4.90 Å². The fraction of sp³-hybridized carbons (Fsp3) is 0.929. The van der Waals surface area contributed by atoms with E-state index in [2.05, 4.69) is 11.8 Å². The van der Waals surface area contributed by atoms with Crippen LogP contribution in [0, 0.1) is 0 Å². The number of hydrogen-bond acceptors (Lipinski definition) is 3. The minimum Gasteiger partial charge on any atom is -0.480 e. The molecule has 1 aliphatic rings. The first-order chi connectivity index (χ1) is 8.47. The van der Waals surface area contributed by atoms with Crippen LogP contribution in [0.4, 0.5) is 0 Å². The predicted molar refractivity (Wildman–Crippen MR) is 73.6 cm³/mol. The Morgan fingerprint density at radius 3 is 2.78 bits per heavy atom. The minimum absolute atomic E-state index is 0.562. The number of carboxylic acid groups (broad SMARTS) is 1. The number of nitrogens with two attached hydrogens (primary N) is 1. The molecule has 0 radical (unpaired) electrons. The van der Waals surface area contributed by atoms with E-state index in [1.165, 1.54) is 32.2 Å². The SMILES string of the molecule is CCC1CCCCN1CCCCC(C)(N)C(=O)O. The Labute approximate surface area is 111 Å². The van der Waals surface area contributed by atoms with Crippen LogP contribution in [0.5, 0.6) is 0 Å². The monoisotopic (exact) mass is 256 g/mol. The lowest BCUT2D eigenvalue weighted by Gasteiger charge is -2.35. The first kappa shape index (κ1) is 15.4. The van der Waals surface area contributed by atoms with Crippen molar-refractivity contribution >= 4 is 5.97 Å². The average Bonchev–Trinajstić information content (AvgIpc) is 2.35. The highest BCUT2D eigenvalue weighted by Crippen LogP contribution is 2.20. The van der Waals surface area contributed by atoms with Crippen LogP contribution in [0.25, 0.3) is 0 Å². The lowest BCUT2D eigenvalue weighted by atomic mass is 9.95. The van der Waals surface area contributed by atoms with Gasteiger partial charge in [0.15, 0.2) is 0 Å². The van der Waals surface area contributed by atoms with Crippen molar-refractivity contribution in [2.24, 2.45) is 5.73 Å². The fourth-order valence-corrected chi connectivity index (χ4v) is 2.73. The molecule has 0 spiro atoms. The van der Waals surface area contributed by atoms with Crippen molar-refractivity contribution in [1.29, 1.82) is 0 Å². The molecule has 18 heavy (non-hydrogen) atoms. The molecule has 0 aromatic carbocycles. The van der Waals surface area contributed by atoms with Gasteiger partial charge in [-0.3, -0.25) is 4.79 Å². The van der Waals surface area contributed by atoms with Gasteiger partial charge in [0.1, 0.15) is 5.54 Å². The Kier molecular flexibility index (Phi) is 6.09. The molecule has 1 rings (SSSR count). The van der Waals surface area contributed by atoms with Gasteiger partial charge in [-0.1, -0.05) is 13.3 Å². The molecule has 2 atom stereocenters. The van der Waals surface area contributed by atoms with Gasteiger partial charge in [0.2, 0.25) is 0 Å². The molecule has 2 unspecified atom stereocenters. The zero-order valence-corrected chi connectivity index (χ0v) is 11.8. The molecule has 0 aromatic rings. The summed E-state index contributed by atoms with van der Waals surface area (Å²) in [6.07, 6.45) is 7.72. The molecular formula is C14H28N2O2. The summed E-state index contributed by atoms with van der Waals surface area (Å²) in [5, 5.41) is 8.93.